The number of Topliss-reactive ketones (excluding diaryl/α,β-unsaturated/α-hetero) is 1. The van der Waals surface area contributed by atoms with Crippen molar-refractivity contribution in [2.75, 3.05) is 0 Å². The number of hydrogen-bond acceptors (Lipinski definition) is 3. The summed E-state index contributed by atoms with van der Waals surface area (Å²) in [6.45, 7) is 6.13. The van der Waals surface area contributed by atoms with Gasteiger partial charge in [-0.25, -0.2) is 4.39 Å². The summed E-state index contributed by atoms with van der Waals surface area (Å²) in [5.41, 5.74) is 2.32. The maximum Gasteiger partial charge on any atom is 0.268 e. The van der Waals surface area contributed by atoms with Crippen molar-refractivity contribution in [1.29, 1.82) is 0 Å². The molecule has 0 spiro atoms. The van der Waals surface area contributed by atoms with Gasteiger partial charge >= 0.3 is 0 Å². The Morgan fingerprint density at radius 3 is 2.50 bits per heavy atom. The van der Waals surface area contributed by atoms with Gasteiger partial charge in [0.05, 0.1) is 0 Å². The lowest BCUT2D eigenvalue weighted by molar-refractivity contribution is 0.0909. The van der Waals surface area contributed by atoms with Gasteiger partial charge < -0.3 is 5.32 Å². The van der Waals surface area contributed by atoms with Crippen molar-refractivity contribution in [3.05, 3.63) is 98.7 Å². The number of carbonyl (C=O) groups excluding carboxylic acids is 2. The van der Waals surface area contributed by atoms with E-state index in [1.807, 2.05) is 45.0 Å². The molecule has 1 aliphatic rings. The number of rotatable bonds is 4. The van der Waals surface area contributed by atoms with Gasteiger partial charge in [-0.3, -0.25) is 19.0 Å². The van der Waals surface area contributed by atoms with Gasteiger partial charge in [0.2, 0.25) is 0 Å². The van der Waals surface area contributed by atoms with Crippen LogP contribution in [-0.2, 0) is 13.0 Å². The van der Waals surface area contributed by atoms with E-state index in [-0.39, 0.29) is 23.3 Å². The standard InChI is InChI=1S/C26H25FN2O3/c1-16-5-4-6-17(11-16)14-28-24(31)23-20-12-26(2,3)13-22(30)21(20)15-29(25(23)32)19-9-7-18(27)8-10-19/h4-11,15H,12-14H2,1-3H3,(H,28,31). The molecule has 1 aliphatic carbocycles. The molecule has 0 bridgehead atoms. The second-order valence-electron chi connectivity index (χ2n) is 9.16. The topological polar surface area (TPSA) is 68.2 Å². The van der Waals surface area contributed by atoms with Crippen molar-refractivity contribution in [2.45, 2.75) is 40.2 Å². The van der Waals surface area contributed by atoms with Gasteiger partial charge in [-0.2, -0.15) is 0 Å². The number of ketones is 1. The minimum Gasteiger partial charge on any atom is -0.348 e. The van der Waals surface area contributed by atoms with Crippen LogP contribution in [-0.4, -0.2) is 16.3 Å². The fourth-order valence-electron chi connectivity index (χ4n) is 4.27. The number of fused-ring (bicyclic) bond motifs is 1. The number of pyridine rings is 1. The lowest BCUT2D eigenvalue weighted by Gasteiger charge is -2.31. The third-order valence-electron chi connectivity index (χ3n) is 5.78. The van der Waals surface area contributed by atoms with Gasteiger partial charge in [0.25, 0.3) is 11.5 Å². The molecule has 164 valence electrons. The van der Waals surface area contributed by atoms with E-state index in [0.29, 0.717) is 29.7 Å². The van der Waals surface area contributed by atoms with Gasteiger partial charge in [0.1, 0.15) is 11.4 Å². The molecule has 0 radical (unpaired) electrons. The average Bonchev–Trinajstić information content (AvgIpc) is 2.72. The zero-order valence-electron chi connectivity index (χ0n) is 18.4. The average molecular weight is 432 g/mol. The number of hydrogen-bond donors (Lipinski definition) is 1. The molecular weight excluding hydrogens is 407 g/mol. The number of nitrogens with zero attached hydrogens (tertiary/aromatic N) is 1. The number of nitrogens with one attached hydrogen (secondary N) is 1. The fourth-order valence-corrected chi connectivity index (χ4v) is 4.27. The molecule has 0 saturated heterocycles. The van der Waals surface area contributed by atoms with Crippen molar-refractivity contribution >= 4 is 11.7 Å². The van der Waals surface area contributed by atoms with Crippen LogP contribution in [0.3, 0.4) is 0 Å². The summed E-state index contributed by atoms with van der Waals surface area (Å²) < 4.78 is 14.7. The van der Waals surface area contributed by atoms with E-state index < -0.39 is 17.3 Å². The van der Waals surface area contributed by atoms with Crippen LogP contribution in [0.5, 0.6) is 0 Å². The monoisotopic (exact) mass is 432 g/mol. The van der Waals surface area contributed by atoms with E-state index >= 15 is 0 Å². The first kappa shape index (κ1) is 21.7. The predicted molar refractivity (Wildman–Crippen MR) is 121 cm³/mol. The number of aromatic nitrogens is 1. The molecule has 0 aliphatic heterocycles. The Balaban J connectivity index is 1.81. The highest BCUT2D eigenvalue weighted by atomic mass is 19.1. The maximum absolute atomic E-state index is 13.4. The Morgan fingerprint density at radius 1 is 1.09 bits per heavy atom. The molecule has 0 unspecified atom stereocenters. The molecule has 0 fully saturated rings. The van der Waals surface area contributed by atoms with E-state index in [2.05, 4.69) is 5.32 Å². The van der Waals surface area contributed by atoms with Crippen LogP contribution in [0.1, 0.15) is 57.7 Å². The summed E-state index contributed by atoms with van der Waals surface area (Å²) in [7, 11) is 0. The van der Waals surface area contributed by atoms with Crippen molar-refractivity contribution in [3.63, 3.8) is 0 Å². The minimum atomic E-state index is -0.525. The largest absolute Gasteiger partial charge is 0.348 e. The Bertz CT molecular complexity index is 1270. The van der Waals surface area contributed by atoms with E-state index in [9.17, 15) is 18.8 Å². The highest BCUT2D eigenvalue weighted by molar-refractivity contribution is 6.04. The molecular formula is C26H25FN2O3. The first-order chi connectivity index (χ1) is 15.1. The van der Waals surface area contributed by atoms with Gasteiger partial charge in [0.15, 0.2) is 5.78 Å². The maximum atomic E-state index is 13.4. The van der Waals surface area contributed by atoms with Crippen molar-refractivity contribution in [1.82, 2.24) is 9.88 Å². The molecule has 6 heteroatoms. The second-order valence-corrected chi connectivity index (χ2v) is 9.16. The zero-order chi connectivity index (χ0) is 23.0. The van der Waals surface area contributed by atoms with Crippen LogP contribution in [0.25, 0.3) is 5.69 Å². The van der Waals surface area contributed by atoms with E-state index in [4.69, 9.17) is 0 Å². The SMILES string of the molecule is Cc1cccc(CNC(=O)c2c3c(cn(-c4ccc(F)cc4)c2=O)C(=O)CC(C)(C)C3)c1. The lowest BCUT2D eigenvalue weighted by Crippen LogP contribution is -2.38. The van der Waals surface area contributed by atoms with Crippen molar-refractivity contribution in [3.8, 4) is 5.69 Å². The second kappa shape index (κ2) is 8.19. The van der Waals surface area contributed by atoms with Crippen LogP contribution >= 0.6 is 0 Å². The molecule has 32 heavy (non-hydrogen) atoms. The minimum absolute atomic E-state index is 0.0272. The van der Waals surface area contributed by atoms with Crippen molar-refractivity contribution < 1.29 is 14.0 Å². The van der Waals surface area contributed by atoms with Gasteiger partial charge in [-0.15, -0.1) is 0 Å². The summed E-state index contributed by atoms with van der Waals surface area (Å²) in [6.07, 6.45) is 2.26. The van der Waals surface area contributed by atoms with E-state index in [0.717, 1.165) is 11.1 Å². The van der Waals surface area contributed by atoms with Gasteiger partial charge in [-0.1, -0.05) is 43.7 Å². The summed E-state index contributed by atoms with van der Waals surface area (Å²) >= 11 is 0. The normalized spacial score (nSPS) is 14.7. The summed E-state index contributed by atoms with van der Waals surface area (Å²) in [4.78, 5) is 39.6. The quantitative estimate of drug-likeness (QED) is 0.666. The van der Waals surface area contributed by atoms with Crippen LogP contribution in [0.15, 0.2) is 59.5 Å². The first-order valence-electron chi connectivity index (χ1n) is 10.6. The number of halogens is 1. The predicted octanol–water partition coefficient (Wildman–Crippen LogP) is 4.37. The van der Waals surface area contributed by atoms with Crippen LogP contribution in [0.4, 0.5) is 4.39 Å². The smallest absolute Gasteiger partial charge is 0.268 e. The van der Waals surface area contributed by atoms with E-state index in [1.165, 1.54) is 35.0 Å². The summed E-state index contributed by atoms with van der Waals surface area (Å²) in [6, 6.07) is 13.1. The highest BCUT2D eigenvalue weighted by Crippen LogP contribution is 2.35. The zero-order valence-corrected chi connectivity index (χ0v) is 18.4. The molecule has 5 nitrogen and oxygen atoms in total. The highest BCUT2D eigenvalue weighted by Gasteiger charge is 2.35. The Hall–Kier alpha value is -3.54. The van der Waals surface area contributed by atoms with Gasteiger partial charge in [0, 0.05) is 30.4 Å². The molecule has 1 amide bonds. The molecule has 2 aromatic carbocycles. The molecule has 4 rings (SSSR count). The van der Waals surface area contributed by atoms with Crippen LogP contribution in [0.2, 0.25) is 0 Å². The van der Waals surface area contributed by atoms with Crippen LogP contribution in [0, 0.1) is 18.2 Å². The van der Waals surface area contributed by atoms with Crippen molar-refractivity contribution in [2.24, 2.45) is 5.41 Å². The number of amides is 1. The van der Waals surface area contributed by atoms with E-state index in [1.54, 1.807) is 0 Å². The molecule has 3 aromatic rings. The summed E-state index contributed by atoms with van der Waals surface area (Å²) in [5, 5.41) is 2.84. The first-order valence-corrected chi connectivity index (χ1v) is 10.6. The lowest BCUT2D eigenvalue weighted by atomic mass is 9.73. The Morgan fingerprint density at radius 2 is 1.81 bits per heavy atom. The molecule has 1 heterocycles. The molecule has 0 atom stereocenters. The number of carbonyl (C=O) groups is 2. The molecule has 0 saturated carbocycles. The van der Waals surface area contributed by atoms with Gasteiger partial charge in [-0.05, 0) is 54.2 Å². The molecule has 1 aromatic heterocycles. The Labute approximate surface area is 185 Å². The fraction of sp³-hybridized carbons (Fsp3) is 0.269. The Kier molecular flexibility index (Phi) is 5.55. The third-order valence-corrected chi connectivity index (χ3v) is 5.78. The molecule has 1 N–H and O–H groups in total. The summed E-state index contributed by atoms with van der Waals surface area (Å²) in [5.74, 6) is -1.07. The third kappa shape index (κ3) is 4.26. The van der Waals surface area contributed by atoms with Crippen LogP contribution < -0.4 is 10.9 Å². The number of benzene rings is 2. The number of aryl methyl sites for hydroxylation is 1.